The molecule has 1 aromatic rings. The van der Waals surface area contributed by atoms with E-state index in [1.165, 1.54) is 25.7 Å². The molecule has 0 saturated carbocycles. The second kappa shape index (κ2) is 11.2. The maximum atomic E-state index is 2.23. The number of rotatable bonds is 0. The summed E-state index contributed by atoms with van der Waals surface area (Å²) < 4.78 is 0. The zero-order valence-corrected chi connectivity index (χ0v) is 10.7. The minimum absolute atomic E-state index is 0. The summed E-state index contributed by atoms with van der Waals surface area (Å²) in [6.45, 7) is 0. The average Bonchev–Trinajstić information content (AvgIpc) is 2.20. The molecule has 1 heteroatoms. The van der Waals surface area contributed by atoms with Gasteiger partial charge in [0.1, 0.15) is 0 Å². The summed E-state index contributed by atoms with van der Waals surface area (Å²) in [6, 6.07) is 12.0. The molecular formula is C14H21P. The van der Waals surface area contributed by atoms with Gasteiger partial charge in [0.2, 0.25) is 0 Å². The van der Waals surface area contributed by atoms with Crippen LogP contribution in [0.2, 0.25) is 0 Å². The van der Waals surface area contributed by atoms with Crippen LogP contribution in [0.25, 0.3) is 0 Å². The molecule has 1 aromatic carbocycles. The van der Waals surface area contributed by atoms with E-state index in [2.05, 4.69) is 24.3 Å². The van der Waals surface area contributed by atoms with Crippen molar-refractivity contribution >= 4 is 9.90 Å². The molecule has 0 heterocycles. The molecule has 0 fully saturated rings. The molecule has 1 unspecified atom stereocenters. The lowest BCUT2D eigenvalue weighted by Crippen LogP contribution is -1.74. The highest BCUT2D eigenvalue weighted by Crippen LogP contribution is 2.04. The molecule has 1 aliphatic carbocycles. The van der Waals surface area contributed by atoms with Crippen molar-refractivity contribution in [3.8, 4) is 0 Å². The first-order chi connectivity index (χ1) is 7.00. The smallest absolute Gasteiger partial charge is 0.0347 e. The highest BCUT2D eigenvalue weighted by atomic mass is 31.0. The first kappa shape index (κ1) is 14.1. The predicted molar refractivity (Wildman–Crippen MR) is 74.3 cm³/mol. The minimum atomic E-state index is 0. The van der Waals surface area contributed by atoms with Crippen LogP contribution in [0.3, 0.4) is 0 Å². The van der Waals surface area contributed by atoms with E-state index < -0.39 is 0 Å². The lowest BCUT2D eigenvalue weighted by molar-refractivity contribution is 0.758. The largest absolute Gasteiger partial charge is 0.153 e. The second-order valence-electron chi connectivity index (χ2n) is 3.30. The van der Waals surface area contributed by atoms with Crippen molar-refractivity contribution in [2.24, 2.45) is 0 Å². The van der Waals surface area contributed by atoms with E-state index in [-0.39, 0.29) is 9.90 Å². The van der Waals surface area contributed by atoms with E-state index in [1.807, 2.05) is 36.4 Å². The molecular weight excluding hydrogens is 199 g/mol. The van der Waals surface area contributed by atoms with Gasteiger partial charge in [-0.3, -0.25) is 0 Å². The standard InChI is InChI=1S/C8H12.C6H6.H3P/c1-2-4-6-8-7-5-3-1;1-2-4-6-5-3-1;/h1-4H,5-8H2;1-6H;1H3. The lowest BCUT2D eigenvalue weighted by atomic mass is 10.1. The van der Waals surface area contributed by atoms with E-state index in [9.17, 15) is 0 Å². The fraction of sp³-hybridized carbons (Fsp3) is 0.286. The first-order valence-electron chi connectivity index (χ1n) is 5.32. The molecule has 82 valence electrons. The molecule has 15 heavy (non-hydrogen) atoms. The highest BCUT2D eigenvalue weighted by Gasteiger charge is 1.84. The van der Waals surface area contributed by atoms with Gasteiger partial charge in [-0.05, 0) is 25.7 Å². The zero-order chi connectivity index (χ0) is 9.90. The van der Waals surface area contributed by atoms with E-state index in [0.29, 0.717) is 0 Å². The molecule has 0 aromatic heterocycles. The van der Waals surface area contributed by atoms with Gasteiger partial charge in [-0.15, -0.1) is 0 Å². The third-order valence-electron chi connectivity index (χ3n) is 2.04. The van der Waals surface area contributed by atoms with Crippen molar-refractivity contribution in [1.82, 2.24) is 0 Å². The first-order valence-corrected chi connectivity index (χ1v) is 5.32. The summed E-state index contributed by atoms with van der Waals surface area (Å²) in [7, 11) is 0. The van der Waals surface area contributed by atoms with E-state index in [4.69, 9.17) is 0 Å². The van der Waals surface area contributed by atoms with Crippen molar-refractivity contribution < 1.29 is 0 Å². The van der Waals surface area contributed by atoms with Crippen molar-refractivity contribution in [2.45, 2.75) is 25.7 Å². The van der Waals surface area contributed by atoms with Crippen LogP contribution in [0.1, 0.15) is 25.7 Å². The Balaban J connectivity index is 0.000000253. The van der Waals surface area contributed by atoms with Crippen molar-refractivity contribution in [3.05, 3.63) is 60.7 Å². The average molecular weight is 220 g/mol. The summed E-state index contributed by atoms with van der Waals surface area (Å²) in [5.74, 6) is 0. The van der Waals surface area contributed by atoms with E-state index in [1.54, 1.807) is 0 Å². The maximum absolute atomic E-state index is 2.23. The fourth-order valence-corrected chi connectivity index (χ4v) is 1.26. The Morgan fingerprint density at radius 2 is 0.867 bits per heavy atom. The summed E-state index contributed by atoms with van der Waals surface area (Å²) in [4.78, 5) is 0. The minimum Gasteiger partial charge on any atom is -0.153 e. The Labute approximate surface area is 96.7 Å². The molecule has 0 spiro atoms. The van der Waals surface area contributed by atoms with Crippen LogP contribution in [0.4, 0.5) is 0 Å². The van der Waals surface area contributed by atoms with E-state index in [0.717, 1.165) is 0 Å². The van der Waals surface area contributed by atoms with Gasteiger partial charge in [-0.1, -0.05) is 60.7 Å². The van der Waals surface area contributed by atoms with Gasteiger partial charge in [0, 0.05) is 0 Å². The second-order valence-corrected chi connectivity index (χ2v) is 3.30. The zero-order valence-electron chi connectivity index (χ0n) is 9.31. The molecule has 0 amide bonds. The van der Waals surface area contributed by atoms with Crippen LogP contribution in [0, 0.1) is 0 Å². The number of hydrogen-bond acceptors (Lipinski definition) is 0. The molecule has 1 atom stereocenters. The molecule has 0 radical (unpaired) electrons. The molecule has 0 saturated heterocycles. The van der Waals surface area contributed by atoms with Gasteiger partial charge < -0.3 is 0 Å². The van der Waals surface area contributed by atoms with Crippen LogP contribution in [-0.2, 0) is 0 Å². The number of allylic oxidation sites excluding steroid dienone is 4. The fourth-order valence-electron chi connectivity index (χ4n) is 1.26. The van der Waals surface area contributed by atoms with Gasteiger partial charge in [-0.25, -0.2) is 0 Å². The normalized spacial score (nSPS) is 13.9. The molecule has 0 N–H and O–H groups in total. The predicted octanol–water partition coefficient (Wildman–Crippen LogP) is 4.42. The lowest BCUT2D eigenvalue weighted by Gasteiger charge is -1.94. The van der Waals surface area contributed by atoms with Crippen molar-refractivity contribution in [2.75, 3.05) is 0 Å². The molecule has 1 aliphatic rings. The number of benzene rings is 1. The van der Waals surface area contributed by atoms with Gasteiger partial charge in [0.05, 0.1) is 0 Å². The summed E-state index contributed by atoms with van der Waals surface area (Å²) >= 11 is 0. The quantitative estimate of drug-likeness (QED) is 0.568. The van der Waals surface area contributed by atoms with Crippen molar-refractivity contribution in [1.29, 1.82) is 0 Å². The van der Waals surface area contributed by atoms with Gasteiger partial charge in [0.25, 0.3) is 0 Å². The van der Waals surface area contributed by atoms with E-state index >= 15 is 0 Å². The topological polar surface area (TPSA) is 0 Å². The van der Waals surface area contributed by atoms with Crippen LogP contribution >= 0.6 is 9.90 Å². The maximum Gasteiger partial charge on any atom is -0.0347 e. The van der Waals surface area contributed by atoms with Gasteiger partial charge >= 0.3 is 0 Å². The summed E-state index contributed by atoms with van der Waals surface area (Å²) in [5, 5.41) is 0. The third kappa shape index (κ3) is 9.43. The summed E-state index contributed by atoms with van der Waals surface area (Å²) in [6.07, 6.45) is 14.0. The molecule has 0 aliphatic heterocycles. The monoisotopic (exact) mass is 220 g/mol. The third-order valence-corrected chi connectivity index (χ3v) is 2.04. The SMILES string of the molecule is C1=CCCCCC=C1.P.c1ccccc1. The van der Waals surface area contributed by atoms with Crippen LogP contribution in [-0.4, -0.2) is 0 Å². The highest BCUT2D eigenvalue weighted by molar-refractivity contribution is 6.92. The van der Waals surface area contributed by atoms with Crippen molar-refractivity contribution in [3.63, 3.8) is 0 Å². The Bertz CT molecular complexity index is 221. The molecule has 0 bridgehead atoms. The molecule has 0 nitrogen and oxygen atoms in total. The Morgan fingerprint density at radius 1 is 0.533 bits per heavy atom. The summed E-state index contributed by atoms with van der Waals surface area (Å²) in [5.41, 5.74) is 0. The van der Waals surface area contributed by atoms with Gasteiger partial charge in [-0.2, -0.15) is 9.90 Å². The Hall–Kier alpha value is -0.870. The van der Waals surface area contributed by atoms with Gasteiger partial charge in [0.15, 0.2) is 0 Å². The Morgan fingerprint density at radius 3 is 1.20 bits per heavy atom. The van der Waals surface area contributed by atoms with Crippen LogP contribution in [0.15, 0.2) is 60.7 Å². The number of hydrogen-bond donors (Lipinski definition) is 0. The molecule has 2 rings (SSSR count). The van der Waals surface area contributed by atoms with Crippen LogP contribution < -0.4 is 0 Å². The van der Waals surface area contributed by atoms with Crippen LogP contribution in [0.5, 0.6) is 0 Å². The Kier molecular flexibility index (Phi) is 10.6.